The molecule has 0 bridgehead atoms. The van der Waals surface area contributed by atoms with Gasteiger partial charge in [0.25, 0.3) is 0 Å². The molecule has 0 saturated heterocycles. The number of phosphoric acid groups is 2. The van der Waals surface area contributed by atoms with Gasteiger partial charge in [-0.1, -0.05) is 195 Å². The lowest BCUT2D eigenvalue weighted by Gasteiger charge is -2.21. The first-order chi connectivity index (χ1) is 34.0. The standard InChI is InChI=1S/C52H100O17P2/c1-6-9-12-15-16-17-18-19-22-28-33-38-52(57)69-48(42-63-50(55)36-31-27-23-20-21-26-29-34-45(4)5)44-67-71(60,61)65-40-46(53)39-64-70(58,59)66-43-47(68-51(56)37-32-25-14-11-8-3)41-62-49(54)35-30-24-13-10-7-2/h45-48,53H,6-44H2,1-5H3,(H,58,59)(H,60,61)/t46-,47+,48+/m0/s1. The minimum atomic E-state index is -4.93. The maximum atomic E-state index is 12.8. The van der Waals surface area contributed by atoms with E-state index in [1.165, 1.54) is 57.8 Å². The fraction of sp³-hybridized carbons (Fsp3) is 0.923. The molecule has 5 atom stereocenters. The Morgan fingerprint density at radius 1 is 0.380 bits per heavy atom. The Kier molecular flexibility index (Phi) is 45.3. The molecule has 0 amide bonds. The van der Waals surface area contributed by atoms with Gasteiger partial charge < -0.3 is 33.8 Å². The molecule has 0 aliphatic carbocycles. The third-order valence-electron chi connectivity index (χ3n) is 11.8. The highest BCUT2D eigenvalue weighted by atomic mass is 31.2. The maximum Gasteiger partial charge on any atom is 0.472 e. The van der Waals surface area contributed by atoms with Crippen LogP contribution < -0.4 is 0 Å². The van der Waals surface area contributed by atoms with Crippen molar-refractivity contribution in [3.05, 3.63) is 0 Å². The van der Waals surface area contributed by atoms with E-state index < -0.39 is 97.5 Å². The highest BCUT2D eigenvalue weighted by Crippen LogP contribution is 2.45. The van der Waals surface area contributed by atoms with Gasteiger partial charge in [0.05, 0.1) is 26.4 Å². The summed E-state index contributed by atoms with van der Waals surface area (Å²) in [5.41, 5.74) is 0. The summed E-state index contributed by atoms with van der Waals surface area (Å²) < 4.78 is 67.0. The second kappa shape index (κ2) is 46.6. The second-order valence-electron chi connectivity index (χ2n) is 19.4. The van der Waals surface area contributed by atoms with Crippen LogP contribution in [0, 0.1) is 5.92 Å². The van der Waals surface area contributed by atoms with Crippen molar-refractivity contribution in [1.82, 2.24) is 0 Å². The summed E-state index contributed by atoms with van der Waals surface area (Å²) in [6.45, 7) is 6.85. The number of aliphatic hydroxyl groups excluding tert-OH is 1. The predicted molar refractivity (Wildman–Crippen MR) is 275 cm³/mol. The monoisotopic (exact) mass is 1060 g/mol. The van der Waals surface area contributed by atoms with Crippen molar-refractivity contribution in [2.45, 2.75) is 265 Å². The Labute approximate surface area is 428 Å². The number of unbranched alkanes of at least 4 members (excludes halogenated alkanes) is 24. The van der Waals surface area contributed by atoms with Crippen LogP contribution in [0.3, 0.4) is 0 Å². The number of carbonyl (C=O) groups is 4. The topological polar surface area (TPSA) is 237 Å². The zero-order chi connectivity index (χ0) is 52.9. The van der Waals surface area contributed by atoms with Crippen LogP contribution in [0.25, 0.3) is 0 Å². The van der Waals surface area contributed by atoms with Crippen LogP contribution in [0.4, 0.5) is 0 Å². The molecule has 3 N–H and O–H groups in total. The normalized spacial score (nSPS) is 14.6. The number of phosphoric ester groups is 2. The molecule has 0 heterocycles. The molecule has 2 unspecified atom stereocenters. The molecular formula is C52H100O17P2. The van der Waals surface area contributed by atoms with Crippen molar-refractivity contribution in [2.24, 2.45) is 5.92 Å². The van der Waals surface area contributed by atoms with E-state index in [0.29, 0.717) is 31.6 Å². The number of carbonyl (C=O) groups excluding carboxylic acids is 4. The lowest BCUT2D eigenvalue weighted by Crippen LogP contribution is -2.30. The van der Waals surface area contributed by atoms with Gasteiger partial charge in [-0.25, -0.2) is 9.13 Å². The maximum absolute atomic E-state index is 12.8. The number of hydrogen-bond donors (Lipinski definition) is 3. The van der Waals surface area contributed by atoms with E-state index in [-0.39, 0.29) is 25.7 Å². The zero-order valence-electron chi connectivity index (χ0n) is 44.8. The molecule has 0 aliphatic rings. The molecule has 0 fully saturated rings. The van der Waals surface area contributed by atoms with Gasteiger partial charge >= 0.3 is 39.5 Å². The van der Waals surface area contributed by atoms with E-state index in [1.807, 2.05) is 0 Å². The van der Waals surface area contributed by atoms with Crippen LogP contribution in [0.2, 0.25) is 0 Å². The smallest absolute Gasteiger partial charge is 0.462 e. The highest BCUT2D eigenvalue weighted by Gasteiger charge is 2.30. The number of hydrogen-bond acceptors (Lipinski definition) is 15. The van der Waals surface area contributed by atoms with Crippen molar-refractivity contribution in [3.63, 3.8) is 0 Å². The fourth-order valence-corrected chi connectivity index (χ4v) is 9.04. The lowest BCUT2D eigenvalue weighted by molar-refractivity contribution is -0.161. The lowest BCUT2D eigenvalue weighted by atomic mass is 10.0. The Bertz CT molecular complexity index is 1420. The third kappa shape index (κ3) is 47.5. The summed E-state index contributed by atoms with van der Waals surface area (Å²) in [5, 5.41) is 10.4. The van der Waals surface area contributed by atoms with Crippen molar-refractivity contribution in [2.75, 3.05) is 39.6 Å². The molecule has 0 aromatic heterocycles. The molecule has 19 heteroatoms. The fourth-order valence-electron chi connectivity index (χ4n) is 7.46. The summed E-state index contributed by atoms with van der Waals surface area (Å²) in [6.07, 6.45) is 26.0. The van der Waals surface area contributed by atoms with Gasteiger partial charge in [-0.15, -0.1) is 0 Å². The molecule has 420 valence electrons. The number of esters is 4. The summed E-state index contributed by atoms with van der Waals surface area (Å²) >= 11 is 0. The molecule has 0 radical (unpaired) electrons. The Morgan fingerprint density at radius 2 is 0.648 bits per heavy atom. The van der Waals surface area contributed by atoms with E-state index in [9.17, 15) is 43.2 Å². The van der Waals surface area contributed by atoms with Crippen molar-refractivity contribution < 1.29 is 80.2 Å². The van der Waals surface area contributed by atoms with Gasteiger partial charge in [0.1, 0.15) is 19.3 Å². The molecule has 0 aliphatic heterocycles. The first-order valence-corrected chi connectivity index (χ1v) is 30.6. The quantitative estimate of drug-likeness (QED) is 0.0222. The molecule has 0 spiro atoms. The van der Waals surface area contributed by atoms with Crippen molar-refractivity contribution >= 4 is 39.5 Å². The number of ether oxygens (including phenoxy) is 4. The Morgan fingerprint density at radius 3 is 0.958 bits per heavy atom. The molecular weight excluding hydrogens is 959 g/mol. The summed E-state index contributed by atoms with van der Waals surface area (Å²) in [6, 6.07) is 0. The van der Waals surface area contributed by atoms with E-state index in [2.05, 4.69) is 34.6 Å². The second-order valence-corrected chi connectivity index (χ2v) is 22.3. The van der Waals surface area contributed by atoms with E-state index in [4.69, 9.17) is 37.0 Å². The van der Waals surface area contributed by atoms with Gasteiger partial charge in [-0.05, 0) is 31.6 Å². The van der Waals surface area contributed by atoms with Gasteiger partial charge in [0, 0.05) is 25.7 Å². The first kappa shape index (κ1) is 69.1. The average molecular weight is 1060 g/mol. The summed E-state index contributed by atoms with van der Waals surface area (Å²) in [7, 11) is -9.84. The first-order valence-electron chi connectivity index (χ1n) is 27.6. The third-order valence-corrected chi connectivity index (χ3v) is 13.7. The molecule has 71 heavy (non-hydrogen) atoms. The van der Waals surface area contributed by atoms with Crippen LogP contribution in [0.1, 0.15) is 247 Å². The molecule has 17 nitrogen and oxygen atoms in total. The van der Waals surface area contributed by atoms with Crippen molar-refractivity contribution in [3.8, 4) is 0 Å². The minimum absolute atomic E-state index is 0.0985. The van der Waals surface area contributed by atoms with Crippen LogP contribution >= 0.6 is 15.6 Å². The molecule has 0 aromatic rings. The summed E-state index contributed by atoms with van der Waals surface area (Å²) in [5.74, 6) is -1.47. The van der Waals surface area contributed by atoms with Crippen LogP contribution in [-0.2, 0) is 65.4 Å². The van der Waals surface area contributed by atoms with Crippen LogP contribution in [0.5, 0.6) is 0 Å². The molecule has 0 aromatic carbocycles. The SMILES string of the molecule is CCCCCCCCCCCCCC(=O)O[C@H](COC(=O)CCCCCCCCCC(C)C)COP(=O)(O)OC[C@@H](O)COP(=O)(O)OC[C@@H](COC(=O)CCCCCCC)OC(=O)CCCCCCC. The molecule has 0 saturated carbocycles. The summed E-state index contributed by atoms with van der Waals surface area (Å²) in [4.78, 5) is 71.1. The van der Waals surface area contributed by atoms with Crippen LogP contribution in [0.15, 0.2) is 0 Å². The van der Waals surface area contributed by atoms with Gasteiger partial charge in [-0.3, -0.25) is 37.3 Å². The zero-order valence-corrected chi connectivity index (χ0v) is 46.6. The van der Waals surface area contributed by atoms with E-state index in [0.717, 1.165) is 103 Å². The largest absolute Gasteiger partial charge is 0.472 e. The number of aliphatic hydroxyl groups is 1. The van der Waals surface area contributed by atoms with Gasteiger partial charge in [0.15, 0.2) is 12.2 Å². The Hall–Kier alpha value is -1.94. The van der Waals surface area contributed by atoms with Gasteiger partial charge in [-0.2, -0.15) is 0 Å². The van der Waals surface area contributed by atoms with E-state index in [1.54, 1.807) is 0 Å². The highest BCUT2D eigenvalue weighted by molar-refractivity contribution is 7.47. The van der Waals surface area contributed by atoms with Crippen LogP contribution in [-0.4, -0.2) is 96.7 Å². The Balaban J connectivity index is 5.15. The van der Waals surface area contributed by atoms with Gasteiger partial charge in [0.2, 0.25) is 0 Å². The van der Waals surface area contributed by atoms with E-state index >= 15 is 0 Å². The van der Waals surface area contributed by atoms with Crippen molar-refractivity contribution in [1.29, 1.82) is 0 Å². The average Bonchev–Trinajstić information content (AvgIpc) is 3.32. The predicted octanol–water partition coefficient (Wildman–Crippen LogP) is 13.1. The molecule has 0 rings (SSSR count). The number of rotatable bonds is 52. The minimum Gasteiger partial charge on any atom is -0.462 e.